The Hall–Kier alpha value is -1.97. The number of ether oxygens (including phenoxy) is 2. The molecule has 1 aromatic carbocycles. The Kier molecular flexibility index (Phi) is 7.03. The second-order valence-electron chi connectivity index (χ2n) is 6.51. The molecule has 28 heavy (non-hydrogen) atoms. The van der Waals surface area contributed by atoms with E-state index in [0.29, 0.717) is 24.8 Å². The number of benzene rings is 1. The van der Waals surface area contributed by atoms with Gasteiger partial charge in [0, 0.05) is 24.1 Å². The summed E-state index contributed by atoms with van der Waals surface area (Å²) in [7, 11) is 0. The van der Waals surface area contributed by atoms with Crippen molar-refractivity contribution in [3.63, 3.8) is 0 Å². The van der Waals surface area contributed by atoms with Crippen molar-refractivity contribution in [2.75, 3.05) is 25.1 Å². The minimum Gasteiger partial charge on any atom is -0.378 e. The highest BCUT2D eigenvalue weighted by Crippen LogP contribution is 2.30. The molecule has 1 aliphatic heterocycles. The highest BCUT2D eigenvalue weighted by Gasteiger charge is 2.29. The number of rotatable bonds is 8. The molecule has 9 heteroatoms. The number of nitrogens with zero attached hydrogens (tertiary/aromatic N) is 1. The summed E-state index contributed by atoms with van der Waals surface area (Å²) in [6.45, 7) is 1.59. The minimum atomic E-state index is -4.34. The molecule has 1 N–H and O–H groups in total. The van der Waals surface area contributed by atoms with Crippen molar-refractivity contribution in [2.24, 2.45) is 0 Å². The number of nitrogens with one attached hydrogen (secondary N) is 1. The van der Waals surface area contributed by atoms with Gasteiger partial charge in [0.15, 0.2) is 5.13 Å². The van der Waals surface area contributed by atoms with E-state index >= 15 is 0 Å². The van der Waals surface area contributed by atoms with Gasteiger partial charge >= 0.3 is 6.18 Å². The third-order valence-corrected chi connectivity index (χ3v) is 5.17. The average molecular weight is 414 g/mol. The van der Waals surface area contributed by atoms with Crippen LogP contribution >= 0.6 is 11.3 Å². The van der Waals surface area contributed by atoms with E-state index < -0.39 is 11.7 Å². The van der Waals surface area contributed by atoms with Crippen LogP contribution in [0, 0.1) is 0 Å². The van der Waals surface area contributed by atoms with Crippen molar-refractivity contribution < 1.29 is 27.4 Å². The molecule has 1 aliphatic rings. The first-order chi connectivity index (χ1) is 13.4. The molecule has 152 valence electrons. The lowest BCUT2D eigenvalue weighted by atomic mass is 10.1. The van der Waals surface area contributed by atoms with Crippen LogP contribution in [0.3, 0.4) is 0 Å². The van der Waals surface area contributed by atoms with E-state index in [1.807, 2.05) is 0 Å². The molecule has 1 amide bonds. The summed E-state index contributed by atoms with van der Waals surface area (Å²) in [6.07, 6.45) is 0.131. The zero-order valence-corrected chi connectivity index (χ0v) is 15.9. The molecule has 1 saturated heterocycles. The molecular weight excluding hydrogens is 393 g/mol. The van der Waals surface area contributed by atoms with E-state index in [0.717, 1.165) is 42.0 Å². The summed E-state index contributed by atoms with van der Waals surface area (Å²) in [5.41, 5.74) is 0.0762. The van der Waals surface area contributed by atoms with Gasteiger partial charge in [-0.25, -0.2) is 4.98 Å². The first-order valence-corrected chi connectivity index (χ1v) is 9.82. The summed E-state index contributed by atoms with van der Waals surface area (Å²) < 4.78 is 48.7. The largest absolute Gasteiger partial charge is 0.416 e. The lowest BCUT2D eigenvalue weighted by molar-refractivity contribution is -0.137. The minimum absolute atomic E-state index is 0.134. The number of hydrogen-bond acceptors (Lipinski definition) is 5. The number of anilines is 1. The van der Waals surface area contributed by atoms with Gasteiger partial charge in [0.25, 0.3) is 0 Å². The molecule has 0 spiro atoms. The maximum absolute atomic E-state index is 12.6. The predicted octanol–water partition coefficient (Wildman–Crippen LogP) is 4.28. The number of aromatic nitrogens is 1. The fourth-order valence-corrected chi connectivity index (χ4v) is 3.66. The van der Waals surface area contributed by atoms with Crippen LogP contribution in [-0.2, 0) is 26.9 Å². The van der Waals surface area contributed by atoms with E-state index in [1.54, 1.807) is 6.20 Å². The molecule has 2 aromatic rings. The fraction of sp³-hybridized carbons (Fsp3) is 0.474. The van der Waals surface area contributed by atoms with Crippen LogP contribution in [0.15, 0.2) is 30.5 Å². The maximum atomic E-state index is 12.6. The highest BCUT2D eigenvalue weighted by atomic mass is 32.1. The molecular formula is C19H21F3N2O3S. The monoisotopic (exact) mass is 414 g/mol. The summed E-state index contributed by atoms with van der Waals surface area (Å²) in [5, 5.41) is 3.18. The Bertz CT molecular complexity index is 771. The third-order valence-electron chi connectivity index (χ3n) is 4.26. The fourth-order valence-electron chi connectivity index (χ4n) is 2.80. The molecule has 5 nitrogen and oxygen atoms in total. The number of thiazole rings is 1. The summed E-state index contributed by atoms with van der Waals surface area (Å²) in [4.78, 5) is 16.9. The normalized spacial score (nSPS) is 17.0. The van der Waals surface area contributed by atoms with E-state index in [1.165, 1.54) is 23.5 Å². The lowest BCUT2D eigenvalue weighted by Crippen LogP contribution is -2.18. The number of carbonyl (C=O) groups excluding carboxylic acids is 1. The van der Waals surface area contributed by atoms with Crippen molar-refractivity contribution >= 4 is 22.4 Å². The van der Waals surface area contributed by atoms with Gasteiger partial charge in [-0.3, -0.25) is 4.79 Å². The molecule has 0 radical (unpaired) electrons. The van der Waals surface area contributed by atoms with Crippen molar-refractivity contribution in [3.8, 4) is 0 Å². The zero-order valence-electron chi connectivity index (χ0n) is 15.1. The van der Waals surface area contributed by atoms with Crippen LogP contribution in [0.5, 0.6) is 0 Å². The highest BCUT2D eigenvalue weighted by molar-refractivity contribution is 7.15. The van der Waals surface area contributed by atoms with Crippen LogP contribution < -0.4 is 5.32 Å². The van der Waals surface area contributed by atoms with Crippen molar-refractivity contribution in [1.82, 2.24) is 4.98 Å². The Morgan fingerprint density at radius 1 is 1.32 bits per heavy atom. The molecule has 1 atom stereocenters. The predicted molar refractivity (Wildman–Crippen MR) is 99.4 cm³/mol. The average Bonchev–Trinajstić information content (AvgIpc) is 3.31. The first-order valence-electron chi connectivity index (χ1n) is 9.00. The molecule has 0 aliphatic carbocycles. The van der Waals surface area contributed by atoms with E-state index in [-0.39, 0.29) is 18.4 Å². The van der Waals surface area contributed by atoms with Crippen molar-refractivity contribution in [2.45, 2.75) is 38.0 Å². The second kappa shape index (κ2) is 9.49. The summed E-state index contributed by atoms with van der Waals surface area (Å²) in [6, 6.07) is 5.03. The Morgan fingerprint density at radius 2 is 2.11 bits per heavy atom. The van der Waals surface area contributed by atoms with E-state index in [4.69, 9.17) is 9.47 Å². The number of amides is 1. The smallest absolute Gasteiger partial charge is 0.378 e. The standard InChI is InChI=1S/C19H21F3N2O3S/c20-19(21,22)14-5-3-13(4-6-14)10-16-11-23-18(28-16)24-17(25)7-9-26-12-15-2-1-8-27-15/h3-6,11,15H,1-2,7-10,12H2,(H,23,24,25). The van der Waals surface area contributed by atoms with Crippen LogP contribution in [0.2, 0.25) is 0 Å². The Labute approximate surface area is 164 Å². The van der Waals surface area contributed by atoms with Crippen LogP contribution in [-0.4, -0.2) is 36.8 Å². The molecule has 1 fully saturated rings. The maximum Gasteiger partial charge on any atom is 0.416 e. The number of carbonyl (C=O) groups is 1. The van der Waals surface area contributed by atoms with Gasteiger partial charge < -0.3 is 14.8 Å². The lowest BCUT2D eigenvalue weighted by Gasteiger charge is -2.09. The van der Waals surface area contributed by atoms with Crippen molar-refractivity contribution in [3.05, 3.63) is 46.5 Å². The van der Waals surface area contributed by atoms with Gasteiger partial charge in [0.2, 0.25) is 5.91 Å². The molecule has 0 saturated carbocycles. The van der Waals surface area contributed by atoms with Gasteiger partial charge in [-0.1, -0.05) is 12.1 Å². The van der Waals surface area contributed by atoms with Crippen LogP contribution in [0.25, 0.3) is 0 Å². The van der Waals surface area contributed by atoms with Gasteiger partial charge in [0.05, 0.1) is 31.3 Å². The van der Waals surface area contributed by atoms with Crippen LogP contribution in [0.4, 0.5) is 18.3 Å². The van der Waals surface area contributed by atoms with Gasteiger partial charge in [0.1, 0.15) is 0 Å². The quantitative estimate of drug-likeness (QED) is 0.655. The molecule has 2 heterocycles. The second-order valence-corrected chi connectivity index (χ2v) is 7.63. The topological polar surface area (TPSA) is 60.5 Å². The van der Waals surface area contributed by atoms with Crippen LogP contribution in [0.1, 0.15) is 35.3 Å². The third kappa shape index (κ3) is 6.29. The van der Waals surface area contributed by atoms with Gasteiger partial charge in [-0.05, 0) is 30.5 Å². The van der Waals surface area contributed by atoms with Gasteiger partial charge in [-0.15, -0.1) is 11.3 Å². The molecule has 1 aromatic heterocycles. The summed E-state index contributed by atoms with van der Waals surface area (Å²) >= 11 is 1.30. The molecule has 1 unspecified atom stereocenters. The number of alkyl halides is 3. The zero-order chi connectivity index (χ0) is 20.0. The molecule has 0 bridgehead atoms. The van der Waals surface area contributed by atoms with Crippen molar-refractivity contribution in [1.29, 1.82) is 0 Å². The Balaban J connectivity index is 1.41. The molecule has 3 rings (SSSR count). The summed E-state index contributed by atoms with van der Waals surface area (Å²) in [5.74, 6) is -0.192. The number of halogens is 3. The SMILES string of the molecule is O=C(CCOCC1CCCO1)Nc1ncc(Cc2ccc(C(F)(F)F)cc2)s1. The van der Waals surface area contributed by atoms with E-state index in [9.17, 15) is 18.0 Å². The van der Waals surface area contributed by atoms with Gasteiger partial charge in [-0.2, -0.15) is 13.2 Å². The Morgan fingerprint density at radius 3 is 2.79 bits per heavy atom. The first kappa shape index (κ1) is 20.8. The van der Waals surface area contributed by atoms with E-state index in [2.05, 4.69) is 10.3 Å². The number of hydrogen-bond donors (Lipinski definition) is 1.